The molecule has 3 aliphatic heterocycles. The van der Waals surface area contributed by atoms with E-state index in [0.29, 0.717) is 13.2 Å². The van der Waals surface area contributed by atoms with Gasteiger partial charge in [-0.05, 0) is 32.3 Å². The molecule has 2 aromatic carbocycles. The maximum Gasteiger partial charge on any atom is 0.190 e. The topological polar surface area (TPSA) is 52.5 Å². The van der Waals surface area contributed by atoms with Crippen molar-refractivity contribution < 1.29 is 18.9 Å². The number of benzene rings is 2. The van der Waals surface area contributed by atoms with Crippen LogP contribution in [0.4, 0.5) is 0 Å². The Morgan fingerprint density at radius 2 is 1.69 bits per heavy atom. The Balaban J connectivity index is 1.34. The van der Waals surface area contributed by atoms with Crippen LogP contribution in [0, 0.1) is 0 Å². The molecule has 6 nitrogen and oxygen atoms in total. The zero-order valence-corrected chi connectivity index (χ0v) is 18.9. The lowest BCUT2D eigenvalue weighted by molar-refractivity contribution is -0.224. The Morgan fingerprint density at radius 1 is 1.00 bits per heavy atom. The minimum absolute atomic E-state index is 0.213. The molecule has 4 aliphatic rings. The first kappa shape index (κ1) is 20.4. The second kappa shape index (κ2) is 7.12. The first-order chi connectivity index (χ1) is 15.5. The van der Waals surface area contributed by atoms with Gasteiger partial charge >= 0.3 is 0 Å². The lowest BCUT2D eigenvalue weighted by atomic mass is 9.78. The lowest BCUT2D eigenvalue weighted by Crippen LogP contribution is -2.66. The average molecular weight is 435 g/mol. The average Bonchev–Trinajstić information content (AvgIpc) is 3.34. The van der Waals surface area contributed by atoms with Crippen LogP contribution in [0.5, 0.6) is 0 Å². The summed E-state index contributed by atoms with van der Waals surface area (Å²) in [6.45, 7) is 4.91. The highest BCUT2D eigenvalue weighted by molar-refractivity contribution is 6.01. The summed E-state index contributed by atoms with van der Waals surface area (Å²) in [6, 6.07) is 20.6. The van der Waals surface area contributed by atoms with Crippen LogP contribution in [0.2, 0.25) is 0 Å². The van der Waals surface area contributed by atoms with E-state index < -0.39 is 17.6 Å². The fourth-order valence-corrected chi connectivity index (χ4v) is 5.90. The third kappa shape index (κ3) is 2.90. The molecule has 2 saturated heterocycles. The van der Waals surface area contributed by atoms with E-state index in [1.54, 1.807) is 0 Å². The molecule has 0 amide bonds. The minimum Gasteiger partial charge on any atom is -0.374 e. The van der Waals surface area contributed by atoms with Crippen LogP contribution in [-0.2, 0) is 25.6 Å². The summed E-state index contributed by atoms with van der Waals surface area (Å²) in [5.74, 6) is 0.304. The van der Waals surface area contributed by atoms with E-state index >= 15 is 0 Å². The molecule has 168 valence electrons. The van der Waals surface area contributed by atoms with E-state index in [-0.39, 0.29) is 17.7 Å². The summed E-state index contributed by atoms with van der Waals surface area (Å²) in [6.07, 6.45) is 1.15. The fourth-order valence-electron chi connectivity index (χ4n) is 5.90. The number of hydrogen-bond acceptors (Lipinski definition) is 6. The number of fused-ring (bicyclic) bond motifs is 3. The van der Waals surface area contributed by atoms with Gasteiger partial charge < -0.3 is 23.8 Å². The van der Waals surface area contributed by atoms with E-state index in [1.807, 2.05) is 38.1 Å². The number of likely N-dealkylation sites (N-methyl/N-ethyl adjacent to an activating group) is 1. The standard InChI is InChI=1S/C26H30N2O4/c1-24(2)31-21-23(32-24)30-20(17-29-16-18-10-6-4-7-11-18)26(21)25(14-15-25)27-22(28(26)3)19-12-8-5-9-13-19/h4-13,20-21,23H,14-17H2,1-3H3/t20-,21+,23-,26-/m1/s1. The van der Waals surface area contributed by atoms with Crippen molar-refractivity contribution in [3.05, 3.63) is 71.8 Å². The number of hydrogen-bond donors (Lipinski definition) is 0. The van der Waals surface area contributed by atoms with Crippen LogP contribution in [0.3, 0.4) is 0 Å². The van der Waals surface area contributed by atoms with Gasteiger partial charge in [0.25, 0.3) is 0 Å². The predicted molar refractivity (Wildman–Crippen MR) is 120 cm³/mol. The monoisotopic (exact) mass is 434 g/mol. The number of rotatable bonds is 5. The molecule has 6 heteroatoms. The van der Waals surface area contributed by atoms with Crippen molar-refractivity contribution in [2.24, 2.45) is 4.99 Å². The molecule has 32 heavy (non-hydrogen) atoms. The Kier molecular flexibility index (Phi) is 4.53. The van der Waals surface area contributed by atoms with Crippen LogP contribution in [0.1, 0.15) is 37.8 Å². The third-order valence-corrected chi connectivity index (χ3v) is 7.36. The molecule has 0 aromatic heterocycles. The van der Waals surface area contributed by atoms with Crippen molar-refractivity contribution >= 4 is 5.84 Å². The minimum atomic E-state index is -0.690. The second-order valence-electron chi connectivity index (χ2n) is 9.77. The lowest BCUT2D eigenvalue weighted by Gasteiger charge is -2.45. The van der Waals surface area contributed by atoms with Crippen LogP contribution >= 0.6 is 0 Å². The molecule has 1 aliphatic carbocycles. The van der Waals surface area contributed by atoms with Crippen LogP contribution in [0.15, 0.2) is 65.7 Å². The Morgan fingerprint density at radius 3 is 2.38 bits per heavy atom. The molecule has 4 atom stereocenters. The van der Waals surface area contributed by atoms with Crippen molar-refractivity contribution in [1.29, 1.82) is 0 Å². The molecule has 2 aromatic rings. The van der Waals surface area contributed by atoms with Crippen LogP contribution in [-0.4, -0.2) is 59.8 Å². The highest BCUT2D eigenvalue weighted by Crippen LogP contribution is 2.63. The van der Waals surface area contributed by atoms with Crippen LogP contribution < -0.4 is 0 Å². The summed E-state index contributed by atoms with van der Waals surface area (Å²) in [7, 11) is 2.13. The van der Waals surface area contributed by atoms with Crippen molar-refractivity contribution in [3.63, 3.8) is 0 Å². The summed E-state index contributed by atoms with van der Waals surface area (Å²) in [4.78, 5) is 7.62. The van der Waals surface area contributed by atoms with Gasteiger partial charge in [0.15, 0.2) is 12.1 Å². The van der Waals surface area contributed by atoms with Crippen molar-refractivity contribution in [3.8, 4) is 0 Å². The summed E-state index contributed by atoms with van der Waals surface area (Å²) >= 11 is 0. The van der Waals surface area contributed by atoms with Gasteiger partial charge in [0.1, 0.15) is 23.6 Å². The highest BCUT2D eigenvalue weighted by Gasteiger charge is 2.79. The zero-order valence-electron chi connectivity index (χ0n) is 18.9. The van der Waals surface area contributed by atoms with Gasteiger partial charge in [-0.1, -0.05) is 60.7 Å². The molecule has 0 N–H and O–H groups in total. The molecule has 6 rings (SSSR count). The van der Waals surface area contributed by atoms with Crippen molar-refractivity contribution in [1.82, 2.24) is 4.90 Å². The zero-order chi connectivity index (χ0) is 22.0. The maximum atomic E-state index is 6.54. The highest BCUT2D eigenvalue weighted by atomic mass is 16.8. The first-order valence-electron chi connectivity index (χ1n) is 11.5. The summed E-state index contributed by atoms with van der Waals surface area (Å²) in [5.41, 5.74) is 1.56. The van der Waals surface area contributed by atoms with Crippen molar-refractivity contribution in [2.45, 2.75) is 68.7 Å². The Hall–Kier alpha value is -2.25. The smallest absolute Gasteiger partial charge is 0.190 e. The molecule has 0 unspecified atom stereocenters. The Bertz CT molecular complexity index is 1020. The number of amidine groups is 1. The van der Waals surface area contributed by atoms with Gasteiger partial charge in [-0.3, -0.25) is 4.99 Å². The number of ether oxygens (including phenoxy) is 4. The van der Waals surface area contributed by atoms with E-state index in [9.17, 15) is 0 Å². The maximum absolute atomic E-state index is 6.54. The van der Waals surface area contributed by atoms with E-state index in [1.165, 1.54) is 0 Å². The fraction of sp³-hybridized carbons (Fsp3) is 0.500. The molecule has 0 bridgehead atoms. The Labute approximate surface area is 189 Å². The molecule has 1 saturated carbocycles. The van der Waals surface area contributed by atoms with E-state index in [2.05, 4.69) is 48.3 Å². The van der Waals surface area contributed by atoms with Gasteiger partial charge in [0.05, 0.1) is 18.8 Å². The van der Waals surface area contributed by atoms with Gasteiger partial charge in [0.2, 0.25) is 0 Å². The SMILES string of the molecule is CN1C(c2ccccc2)=NC2(CC2)[C@]12[C@@H](COCc1ccccc1)O[C@@H]1OC(C)(C)O[C@@H]12. The molecular formula is C26H30N2O4. The summed E-state index contributed by atoms with van der Waals surface area (Å²) < 4.78 is 25.4. The van der Waals surface area contributed by atoms with E-state index in [0.717, 1.165) is 29.8 Å². The number of nitrogens with zero attached hydrogens (tertiary/aromatic N) is 2. The van der Waals surface area contributed by atoms with Gasteiger partial charge in [-0.25, -0.2) is 0 Å². The predicted octanol–water partition coefficient (Wildman–Crippen LogP) is 3.74. The molecular weight excluding hydrogens is 404 g/mol. The normalized spacial score (nSPS) is 33.7. The first-order valence-corrected chi connectivity index (χ1v) is 11.5. The summed E-state index contributed by atoms with van der Waals surface area (Å²) in [5, 5.41) is 0. The van der Waals surface area contributed by atoms with Gasteiger partial charge in [0, 0.05) is 12.6 Å². The molecule has 0 radical (unpaired) electrons. The molecule has 3 fully saturated rings. The van der Waals surface area contributed by atoms with Crippen LogP contribution in [0.25, 0.3) is 0 Å². The third-order valence-electron chi connectivity index (χ3n) is 7.36. The largest absolute Gasteiger partial charge is 0.374 e. The van der Waals surface area contributed by atoms with Crippen molar-refractivity contribution in [2.75, 3.05) is 13.7 Å². The molecule has 2 spiro atoms. The van der Waals surface area contributed by atoms with Gasteiger partial charge in [-0.15, -0.1) is 0 Å². The quantitative estimate of drug-likeness (QED) is 0.718. The number of aliphatic imine (C=N–C) groups is 1. The molecule has 3 heterocycles. The second-order valence-corrected chi connectivity index (χ2v) is 9.77. The van der Waals surface area contributed by atoms with E-state index in [4.69, 9.17) is 23.9 Å². The van der Waals surface area contributed by atoms with Gasteiger partial charge in [-0.2, -0.15) is 0 Å².